The van der Waals surface area contributed by atoms with E-state index < -0.39 is 5.97 Å². The SMILES string of the molecule is C/C(=C1\C(=O)N2C(C(=O)O)=CSC12)c1ccc2[nH]nnc2c1. The molecule has 22 heavy (non-hydrogen) atoms. The summed E-state index contributed by atoms with van der Waals surface area (Å²) >= 11 is 1.34. The summed E-state index contributed by atoms with van der Waals surface area (Å²) in [6.45, 7) is 1.87. The minimum atomic E-state index is -1.08. The fraction of sp³-hybridized carbons (Fsp3) is 0.143. The second-order valence-corrected chi connectivity index (χ2v) is 6.01. The Balaban J connectivity index is 1.73. The first-order chi connectivity index (χ1) is 10.6. The van der Waals surface area contributed by atoms with Gasteiger partial charge in [-0.2, -0.15) is 0 Å². The molecule has 0 spiro atoms. The van der Waals surface area contributed by atoms with Crippen LogP contribution in [-0.4, -0.2) is 42.7 Å². The standard InChI is InChI=1S/C14H10N4O3S/c1-6(7-2-3-8-9(4-7)16-17-15-8)11-12(19)18-10(14(20)21)5-22-13(11)18/h2-5,13H,1H3,(H,20,21)(H,15,16,17)/b11-6-. The summed E-state index contributed by atoms with van der Waals surface area (Å²) in [5.74, 6) is -1.33. The minimum absolute atomic E-state index is 0.0449. The average Bonchev–Trinajstić information content (AvgIpc) is 3.10. The molecule has 0 radical (unpaired) electrons. The maximum absolute atomic E-state index is 12.3. The third-order valence-corrected chi connectivity index (χ3v) is 4.94. The number of fused-ring (bicyclic) bond motifs is 2. The Labute approximate surface area is 128 Å². The van der Waals surface area contributed by atoms with Gasteiger partial charge in [-0.1, -0.05) is 11.3 Å². The van der Waals surface area contributed by atoms with E-state index in [4.69, 9.17) is 5.11 Å². The van der Waals surface area contributed by atoms with Gasteiger partial charge in [0.15, 0.2) is 0 Å². The Morgan fingerprint density at radius 3 is 3.05 bits per heavy atom. The molecule has 1 aromatic heterocycles. The molecule has 4 rings (SSSR count). The van der Waals surface area contributed by atoms with Gasteiger partial charge in [-0.05, 0) is 30.2 Å². The summed E-state index contributed by atoms with van der Waals surface area (Å²) in [7, 11) is 0. The molecule has 1 unspecified atom stereocenters. The number of carboxylic acids is 1. The molecule has 2 N–H and O–H groups in total. The monoisotopic (exact) mass is 314 g/mol. The Kier molecular flexibility index (Phi) is 2.64. The Morgan fingerprint density at radius 1 is 1.45 bits per heavy atom. The lowest BCUT2D eigenvalue weighted by Gasteiger charge is -2.38. The van der Waals surface area contributed by atoms with E-state index >= 15 is 0 Å². The van der Waals surface area contributed by atoms with Crippen molar-refractivity contribution in [1.82, 2.24) is 20.3 Å². The number of carboxylic acid groups (broad SMARTS) is 1. The lowest BCUT2D eigenvalue weighted by molar-refractivity contribution is -0.141. The number of β-lactam (4-membered cyclic amide) rings is 1. The number of H-pyrrole nitrogens is 1. The zero-order valence-corrected chi connectivity index (χ0v) is 12.2. The molecule has 2 aliphatic rings. The molecule has 110 valence electrons. The number of nitrogens with one attached hydrogen (secondary N) is 1. The van der Waals surface area contributed by atoms with Crippen molar-refractivity contribution in [2.75, 3.05) is 0 Å². The fourth-order valence-corrected chi connectivity index (χ4v) is 3.90. The molecule has 1 amide bonds. The van der Waals surface area contributed by atoms with Crippen LogP contribution in [0.2, 0.25) is 0 Å². The second kappa shape index (κ2) is 4.44. The molecule has 1 aromatic carbocycles. The van der Waals surface area contributed by atoms with Crippen LogP contribution >= 0.6 is 11.8 Å². The predicted octanol–water partition coefficient (Wildman–Crippen LogP) is 1.57. The second-order valence-electron chi connectivity index (χ2n) is 5.05. The van der Waals surface area contributed by atoms with Crippen molar-refractivity contribution < 1.29 is 14.7 Å². The summed E-state index contributed by atoms with van der Waals surface area (Å²) in [5.41, 5.74) is 3.96. The molecule has 7 nitrogen and oxygen atoms in total. The molecule has 8 heteroatoms. The molecule has 0 bridgehead atoms. The van der Waals surface area contributed by atoms with Crippen LogP contribution in [-0.2, 0) is 9.59 Å². The number of allylic oxidation sites excluding steroid dienone is 1. The Morgan fingerprint density at radius 2 is 2.27 bits per heavy atom. The number of nitrogens with zero attached hydrogens (tertiary/aromatic N) is 3. The van der Waals surface area contributed by atoms with Gasteiger partial charge >= 0.3 is 5.97 Å². The van der Waals surface area contributed by atoms with Crippen molar-refractivity contribution >= 4 is 40.2 Å². The largest absolute Gasteiger partial charge is 0.477 e. The first-order valence-electron chi connectivity index (χ1n) is 6.52. The van der Waals surface area contributed by atoms with Crippen molar-refractivity contribution in [3.63, 3.8) is 0 Å². The minimum Gasteiger partial charge on any atom is -0.477 e. The quantitative estimate of drug-likeness (QED) is 0.645. The highest BCUT2D eigenvalue weighted by Gasteiger charge is 2.50. The third-order valence-electron chi connectivity index (χ3n) is 3.88. The van der Waals surface area contributed by atoms with Gasteiger partial charge in [-0.3, -0.25) is 14.8 Å². The van der Waals surface area contributed by atoms with Crippen LogP contribution < -0.4 is 0 Å². The van der Waals surface area contributed by atoms with Crippen molar-refractivity contribution in [3.8, 4) is 0 Å². The van der Waals surface area contributed by atoms with Crippen molar-refractivity contribution in [2.24, 2.45) is 0 Å². The smallest absolute Gasteiger partial charge is 0.353 e. The van der Waals surface area contributed by atoms with E-state index in [0.29, 0.717) is 5.57 Å². The van der Waals surface area contributed by atoms with Gasteiger partial charge in [-0.25, -0.2) is 4.79 Å². The number of thioether (sulfide) groups is 1. The van der Waals surface area contributed by atoms with E-state index in [-0.39, 0.29) is 17.0 Å². The van der Waals surface area contributed by atoms with Crippen LogP contribution in [0.3, 0.4) is 0 Å². The number of carbonyl (C=O) groups excluding carboxylic acids is 1. The Hall–Kier alpha value is -2.61. The topological polar surface area (TPSA) is 99.2 Å². The van der Waals surface area contributed by atoms with E-state index in [2.05, 4.69) is 15.4 Å². The number of carbonyl (C=O) groups is 2. The van der Waals surface area contributed by atoms with Crippen LogP contribution in [0.25, 0.3) is 16.6 Å². The van der Waals surface area contributed by atoms with Gasteiger partial charge in [0.25, 0.3) is 5.91 Å². The summed E-state index contributed by atoms with van der Waals surface area (Å²) in [5, 5.41) is 20.8. The Bertz CT molecular complexity index is 898. The highest BCUT2D eigenvalue weighted by Crippen LogP contribution is 2.47. The summed E-state index contributed by atoms with van der Waals surface area (Å²) in [6, 6.07) is 5.62. The fourth-order valence-electron chi connectivity index (χ4n) is 2.68. The maximum atomic E-state index is 12.3. The van der Waals surface area contributed by atoms with Crippen molar-refractivity contribution in [1.29, 1.82) is 0 Å². The van der Waals surface area contributed by atoms with Crippen molar-refractivity contribution in [3.05, 3.63) is 40.4 Å². The van der Waals surface area contributed by atoms with Crippen LogP contribution in [0.1, 0.15) is 12.5 Å². The average molecular weight is 314 g/mol. The van der Waals surface area contributed by atoms with Gasteiger partial charge in [0.05, 0.1) is 11.1 Å². The van der Waals surface area contributed by atoms with Gasteiger partial charge < -0.3 is 5.11 Å². The van der Waals surface area contributed by atoms with Crippen LogP contribution in [0, 0.1) is 0 Å². The zero-order chi connectivity index (χ0) is 15.4. The zero-order valence-electron chi connectivity index (χ0n) is 11.4. The number of hydrogen-bond donors (Lipinski definition) is 2. The maximum Gasteiger partial charge on any atom is 0.353 e. The third kappa shape index (κ3) is 1.64. The number of benzene rings is 1. The normalized spacial score (nSPS) is 22.4. The summed E-state index contributed by atoms with van der Waals surface area (Å²) < 4.78 is 0. The molecule has 2 aliphatic heterocycles. The molecular formula is C14H10N4O3S. The molecular weight excluding hydrogens is 304 g/mol. The molecule has 1 saturated heterocycles. The summed E-state index contributed by atoms with van der Waals surface area (Å²) in [6.07, 6.45) is 0. The van der Waals surface area contributed by atoms with E-state index in [1.54, 1.807) is 0 Å². The van der Waals surface area contributed by atoms with Crippen molar-refractivity contribution in [2.45, 2.75) is 12.3 Å². The van der Waals surface area contributed by atoms with E-state index in [0.717, 1.165) is 22.2 Å². The van der Waals surface area contributed by atoms with E-state index in [1.165, 1.54) is 22.1 Å². The predicted molar refractivity (Wildman–Crippen MR) is 80.4 cm³/mol. The molecule has 3 heterocycles. The van der Waals surface area contributed by atoms with E-state index in [9.17, 15) is 9.59 Å². The number of amides is 1. The number of aromatic amines is 1. The van der Waals surface area contributed by atoms with Crippen LogP contribution in [0.5, 0.6) is 0 Å². The molecule has 0 aliphatic carbocycles. The number of aromatic nitrogens is 3. The van der Waals surface area contributed by atoms with Gasteiger partial charge in [0, 0.05) is 5.41 Å². The molecule has 2 aromatic rings. The van der Waals surface area contributed by atoms with E-state index in [1.807, 2.05) is 25.1 Å². The molecule has 1 atom stereocenters. The van der Waals surface area contributed by atoms with Crippen LogP contribution in [0.4, 0.5) is 0 Å². The molecule has 1 fully saturated rings. The number of hydrogen-bond acceptors (Lipinski definition) is 5. The van der Waals surface area contributed by atoms with Gasteiger partial charge in [-0.15, -0.1) is 16.9 Å². The molecule has 0 saturated carbocycles. The van der Waals surface area contributed by atoms with Crippen LogP contribution in [0.15, 0.2) is 34.9 Å². The lowest BCUT2D eigenvalue weighted by Crippen LogP contribution is -2.51. The highest BCUT2D eigenvalue weighted by atomic mass is 32.2. The highest BCUT2D eigenvalue weighted by molar-refractivity contribution is 8.03. The lowest BCUT2D eigenvalue weighted by atomic mass is 9.94. The number of aliphatic carboxylic acids is 1. The van der Waals surface area contributed by atoms with Gasteiger partial charge in [0.1, 0.15) is 16.6 Å². The first kappa shape index (κ1) is 13.1. The first-order valence-corrected chi connectivity index (χ1v) is 7.46. The summed E-state index contributed by atoms with van der Waals surface area (Å²) in [4.78, 5) is 24.7. The number of rotatable bonds is 2. The van der Waals surface area contributed by atoms with Gasteiger partial charge in [0.2, 0.25) is 0 Å².